The molecule has 31 heavy (non-hydrogen) atoms. The Kier molecular flexibility index (Phi) is 5.97. The average molecular weight is 427 g/mol. The molecule has 1 unspecified atom stereocenters. The smallest absolute Gasteiger partial charge is 0.322 e. The Morgan fingerprint density at radius 1 is 1.13 bits per heavy atom. The molecule has 1 aliphatic carbocycles. The molecule has 3 amide bonds. The van der Waals surface area contributed by atoms with Gasteiger partial charge in [-0.1, -0.05) is 6.07 Å². The van der Waals surface area contributed by atoms with Crippen LogP contribution in [-0.2, 0) is 11.2 Å². The topological polar surface area (TPSA) is 79.9 Å². The zero-order chi connectivity index (χ0) is 22.0. The van der Waals surface area contributed by atoms with Gasteiger partial charge in [0, 0.05) is 24.7 Å². The van der Waals surface area contributed by atoms with E-state index in [4.69, 9.17) is 9.47 Å². The first kappa shape index (κ1) is 21.0. The Balaban J connectivity index is 1.62. The first-order valence-corrected chi connectivity index (χ1v) is 10.4. The van der Waals surface area contributed by atoms with Crippen molar-refractivity contribution in [2.45, 2.75) is 25.3 Å². The molecule has 1 aliphatic heterocycles. The van der Waals surface area contributed by atoms with E-state index in [9.17, 15) is 14.0 Å². The van der Waals surface area contributed by atoms with Crippen molar-refractivity contribution < 1.29 is 23.5 Å². The molecule has 0 aromatic heterocycles. The number of rotatable bonds is 6. The highest BCUT2D eigenvalue weighted by Crippen LogP contribution is 2.38. The lowest BCUT2D eigenvalue weighted by molar-refractivity contribution is -0.122. The molecule has 2 aromatic carbocycles. The van der Waals surface area contributed by atoms with Crippen molar-refractivity contribution in [1.29, 1.82) is 0 Å². The first-order valence-electron chi connectivity index (χ1n) is 10.4. The highest BCUT2D eigenvalue weighted by atomic mass is 19.1. The summed E-state index contributed by atoms with van der Waals surface area (Å²) in [7, 11) is 3.14. The minimum absolute atomic E-state index is 0.0121. The van der Waals surface area contributed by atoms with Gasteiger partial charge in [-0.2, -0.15) is 0 Å². The molecule has 7 nitrogen and oxygen atoms in total. The van der Waals surface area contributed by atoms with Crippen LogP contribution in [0.1, 0.15) is 30.0 Å². The van der Waals surface area contributed by atoms with E-state index in [2.05, 4.69) is 10.6 Å². The number of hydrogen-bond donors (Lipinski definition) is 2. The van der Waals surface area contributed by atoms with Crippen molar-refractivity contribution in [2.24, 2.45) is 5.92 Å². The third kappa shape index (κ3) is 4.57. The summed E-state index contributed by atoms with van der Waals surface area (Å²) in [5.74, 6) is 0.847. The van der Waals surface area contributed by atoms with Crippen LogP contribution in [0.25, 0.3) is 0 Å². The van der Waals surface area contributed by atoms with E-state index in [1.165, 1.54) is 12.1 Å². The number of amides is 3. The van der Waals surface area contributed by atoms with E-state index < -0.39 is 5.82 Å². The number of urea groups is 1. The Morgan fingerprint density at radius 2 is 1.87 bits per heavy atom. The lowest BCUT2D eigenvalue weighted by Crippen LogP contribution is -2.47. The fourth-order valence-corrected chi connectivity index (χ4v) is 3.94. The average Bonchev–Trinajstić information content (AvgIpc) is 3.61. The molecular formula is C23H26FN3O4. The predicted octanol–water partition coefficient (Wildman–Crippen LogP) is 3.50. The monoisotopic (exact) mass is 427 g/mol. The SMILES string of the molecule is COc1cc2c(cc1OC)C(CNC(=O)C1CC1)N(C(=O)Nc1cccc(F)c1)CC2. The summed E-state index contributed by atoms with van der Waals surface area (Å²) in [5, 5.41) is 5.75. The van der Waals surface area contributed by atoms with E-state index in [1.807, 2.05) is 12.1 Å². The largest absolute Gasteiger partial charge is 0.493 e. The van der Waals surface area contributed by atoms with Gasteiger partial charge in [0.15, 0.2) is 11.5 Å². The second kappa shape index (κ2) is 8.83. The summed E-state index contributed by atoms with van der Waals surface area (Å²) < 4.78 is 24.4. The van der Waals surface area contributed by atoms with E-state index in [-0.39, 0.29) is 30.4 Å². The summed E-state index contributed by atoms with van der Waals surface area (Å²) in [6.07, 6.45) is 2.43. The van der Waals surface area contributed by atoms with Crippen molar-refractivity contribution in [3.8, 4) is 11.5 Å². The summed E-state index contributed by atoms with van der Waals surface area (Å²) in [5.41, 5.74) is 2.32. The molecule has 1 fully saturated rings. The highest BCUT2D eigenvalue weighted by molar-refractivity contribution is 5.90. The third-order valence-electron chi connectivity index (χ3n) is 5.76. The molecule has 164 valence electrons. The molecular weight excluding hydrogens is 401 g/mol. The zero-order valence-electron chi connectivity index (χ0n) is 17.6. The first-order chi connectivity index (χ1) is 15.0. The molecule has 1 atom stereocenters. The minimum atomic E-state index is -0.424. The summed E-state index contributed by atoms with van der Waals surface area (Å²) in [6.45, 7) is 0.738. The maximum Gasteiger partial charge on any atom is 0.322 e. The normalized spacial score (nSPS) is 17.5. The molecule has 2 aromatic rings. The van der Waals surface area contributed by atoms with Crippen LogP contribution >= 0.6 is 0 Å². The van der Waals surface area contributed by atoms with Crippen LogP contribution in [0.2, 0.25) is 0 Å². The van der Waals surface area contributed by atoms with Crippen molar-refractivity contribution in [1.82, 2.24) is 10.2 Å². The number of anilines is 1. The number of benzene rings is 2. The van der Waals surface area contributed by atoms with Crippen molar-refractivity contribution in [3.05, 3.63) is 53.3 Å². The van der Waals surface area contributed by atoms with E-state index in [0.717, 1.165) is 24.0 Å². The fraction of sp³-hybridized carbons (Fsp3) is 0.391. The Morgan fingerprint density at radius 3 is 2.55 bits per heavy atom. The minimum Gasteiger partial charge on any atom is -0.493 e. The predicted molar refractivity (Wildman–Crippen MR) is 114 cm³/mol. The van der Waals surface area contributed by atoms with Gasteiger partial charge in [-0.05, 0) is 60.7 Å². The lowest BCUT2D eigenvalue weighted by Gasteiger charge is -2.38. The zero-order valence-corrected chi connectivity index (χ0v) is 17.6. The molecule has 0 spiro atoms. The van der Waals surface area contributed by atoms with Gasteiger partial charge in [-0.25, -0.2) is 9.18 Å². The van der Waals surface area contributed by atoms with Gasteiger partial charge in [0.05, 0.1) is 20.3 Å². The molecule has 4 rings (SSSR count). The standard InChI is InChI=1S/C23H26FN3O4/c1-30-20-10-15-8-9-27(23(29)26-17-5-3-4-16(24)11-17)19(18(15)12-21(20)31-2)13-25-22(28)14-6-7-14/h3-5,10-12,14,19H,6-9,13H2,1-2H3,(H,25,28)(H,26,29). The molecule has 0 bridgehead atoms. The number of nitrogens with zero attached hydrogens (tertiary/aromatic N) is 1. The number of carbonyl (C=O) groups is 2. The summed E-state index contributed by atoms with van der Waals surface area (Å²) in [6, 6.07) is 8.82. The van der Waals surface area contributed by atoms with E-state index in [1.54, 1.807) is 31.3 Å². The maximum absolute atomic E-state index is 13.5. The van der Waals surface area contributed by atoms with Crippen molar-refractivity contribution in [2.75, 3.05) is 32.6 Å². The van der Waals surface area contributed by atoms with Crippen LogP contribution in [-0.4, -0.2) is 44.1 Å². The third-order valence-corrected chi connectivity index (χ3v) is 5.76. The van der Waals surface area contributed by atoms with E-state index in [0.29, 0.717) is 30.2 Å². The number of halogens is 1. The van der Waals surface area contributed by atoms with Crippen molar-refractivity contribution in [3.63, 3.8) is 0 Å². The van der Waals surface area contributed by atoms with Crippen molar-refractivity contribution >= 4 is 17.6 Å². The van der Waals surface area contributed by atoms with Gasteiger partial charge < -0.3 is 25.0 Å². The second-order valence-electron chi connectivity index (χ2n) is 7.83. The van der Waals surface area contributed by atoms with E-state index >= 15 is 0 Å². The molecule has 0 radical (unpaired) electrons. The number of hydrogen-bond acceptors (Lipinski definition) is 4. The number of fused-ring (bicyclic) bond motifs is 1. The Bertz CT molecular complexity index is 993. The number of carbonyl (C=O) groups excluding carboxylic acids is 2. The highest BCUT2D eigenvalue weighted by Gasteiger charge is 2.35. The molecule has 1 heterocycles. The van der Waals surface area contributed by atoms with Gasteiger partial charge in [-0.3, -0.25) is 4.79 Å². The summed E-state index contributed by atoms with van der Waals surface area (Å²) in [4.78, 5) is 27.0. The van der Waals surface area contributed by atoms with Gasteiger partial charge in [-0.15, -0.1) is 0 Å². The van der Waals surface area contributed by atoms with Gasteiger partial charge in [0.2, 0.25) is 5.91 Å². The molecule has 2 N–H and O–H groups in total. The van der Waals surface area contributed by atoms with Crippen LogP contribution in [0.5, 0.6) is 11.5 Å². The quantitative estimate of drug-likeness (QED) is 0.740. The fourth-order valence-electron chi connectivity index (χ4n) is 3.94. The Hall–Kier alpha value is -3.29. The van der Waals surface area contributed by atoms with Crippen LogP contribution in [0, 0.1) is 11.7 Å². The molecule has 8 heteroatoms. The van der Waals surface area contributed by atoms with Crippen LogP contribution in [0.15, 0.2) is 36.4 Å². The van der Waals surface area contributed by atoms with Gasteiger partial charge in [0.25, 0.3) is 0 Å². The van der Waals surface area contributed by atoms with Gasteiger partial charge in [0.1, 0.15) is 5.82 Å². The van der Waals surface area contributed by atoms with Crippen LogP contribution < -0.4 is 20.1 Å². The van der Waals surface area contributed by atoms with Gasteiger partial charge >= 0.3 is 6.03 Å². The molecule has 2 aliphatic rings. The lowest BCUT2D eigenvalue weighted by atomic mass is 9.91. The van der Waals surface area contributed by atoms with Crippen LogP contribution in [0.3, 0.4) is 0 Å². The number of nitrogens with one attached hydrogen (secondary N) is 2. The number of methoxy groups -OCH3 is 2. The summed E-state index contributed by atoms with van der Waals surface area (Å²) >= 11 is 0. The second-order valence-corrected chi connectivity index (χ2v) is 7.83. The van der Waals surface area contributed by atoms with Crippen LogP contribution in [0.4, 0.5) is 14.9 Å². The number of ether oxygens (including phenoxy) is 2. The molecule has 0 saturated heterocycles. The maximum atomic E-state index is 13.5. The Labute approximate surface area is 180 Å². The molecule has 1 saturated carbocycles.